The topological polar surface area (TPSA) is 46.3 Å². The van der Waals surface area contributed by atoms with E-state index in [9.17, 15) is 4.79 Å². The van der Waals surface area contributed by atoms with Crippen molar-refractivity contribution in [2.45, 2.75) is 26.2 Å². The Balaban J connectivity index is 1.71. The summed E-state index contributed by atoms with van der Waals surface area (Å²) in [6.45, 7) is 4.88. The Kier molecular flexibility index (Phi) is 3.73. The molecule has 1 aliphatic rings. The average Bonchev–Trinajstić information content (AvgIpc) is 3.24. The fraction of sp³-hybridized carbons (Fsp3) is 0.263. The molecule has 0 saturated heterocycles. The highest BCUT2D eigenvalue weighted by Crippen LogP contribution is 2.36. The van der Waals surface area contributed by atoms with Gasteiger partial charge in [0.1, 0.15) is 5.69 Å². The molecule has 5 heteroatoms. The normalized spacial score (nSPS) is 16.9. The Morgan fingerprint density at radius 1 is 1.29 bits per heavy atom. The van der Waals surface area contributed by atoms with Crippen LogP contribution in [-0.4, -0.2) is 17.4 Å². The number of para-hydroxylation sites is 1. The van der Waals surface area contributed by atoms with E-state index in [-0.39, 0.29) is 5.91 Å². The molecule has 122 valence electrons. The lowest BCUT2D eigenvalue weighted by atomic mass is 9.91. The molecule has 3 aromatic rings. The summed E-state index contributed by atoms with van der Waals surface area (Å²) in [6.07, 6.45) is 2.59. The van der Waals surface area contributed by atoms with Crippen LogP contribution in [0.15, 0.2) is 47.1 Å². The summed E-state index contributed by atoms with van der Waals surface area (Å²) < 4.78 is 5.41. The molecule has 1 amide bonds. The van der Waals surface area contributed by atoms with E-state index < -0.39 is 0 Å². The van der Waals surface area contributed by atoms with Crippen molar-refractivity contribution in [1.29, 1.82) is 0 Å². The van der Waals surface area contributed by atoms with Gasteiger partial charge in [-0.05, 0) is 43.0 Å². The van der Waals surface area contributed by atoms with Gasteiger partial charge in [0.25, 0.3) is 5.91 Å². The zero-order valence-corrected chi connectivity index (χ0v) is 14.5. The molecular weight excluding hydrogens is 320 g/mol. The van der Waals surface area contributed by atoms with E-state index in [1.165, 1.54) is 16.9 Å². The number of aryl methyl sites for hydroxylation is 1. The summed E-state index contributed by atoms with van der Waals surface area (Å²) in [5, 5.41) is 0.750. The van der Waals surface area contributed by atoms with Crippen molar-refractivity contribution in [3.8, 4) is 10.8 Å². The van der Waals surface area contributed by atoms with Crippen molar-refractivity contribution in [1.82, 2.24) is 4.98 Å². The molecule has 0 bridgehead atoms. The second-order valence-electron chi connectivity index (χ2n) is 6.11. The van der Waals surface area contributed by atoms with Crippen LogP contribution in [0.3, 0.4) is 0 Å². The maximum Gasteiger partial charge on any atom is 0.278 e. The van der Waals surface area contributed by atoms with E-state index in [0.717, 1.165) is 28.5 Å². The number of fused-ring (bicyclic) bond motifs is 1. The molecule has 1 aromatic carbocycles. The fourth-order valence-electron chi connectivity index (χ4n) is 3.19. The predicted octanol–water partition coefficient (Wildman–Crippen LogP) is 4.87. The zero-order valence-electron chi connectivity index (χ0n) is 13.7. The smallest absolute Gasteiger partial charge is 0.278 e. The molecule has 0 aliphatic carbocycles. The Hall–Kier alpha value is -2.40. The number of aromatic nitrogens is 1. The molecule has 3 heterocycles. The van der Waals surface area contributed by atoms with Crippen LogP contribution in [0.25, 0.3) is 10.8 Å². The zero-order chi connectivity index (χ0) is 16.7. The van der Waals surface area contributed by atoms with Crippen LogP contribution in [0.5, 0.6) is 0 Å². The SMILES string of the molecule is Cc1sc(-c2ccco2)nc1C(=O)N1CC[C@@H](C)c2ccccc21. The third kappa shape index (κ3) is 2.45. The number of amides is 1. The van der Waals surface area contributed by atoms with Gasteiger partial charge in [0.2, 0.25) is 0 Å². The molecule has 0 spiro atoms. The standard InChI is InChI=1S/C19H18N2O2S/c1-12-9-10-21(15-7-4-3-6-14(12)15)19(22)17-13(2)24-18(20-17)16-8-5-11-23-16/h3-8,11-12H,9-10H2,1-2H3/t12-/m1/s1. The third-order valence-electron chi connectivity index (χ3n) is 4.52. The van der Waals surface area contributed by atoms with Gasteiger partial charge in [-0.1, -0.05) is 25.1 Å². The number of anilines is 1. The first-order valence-corrected chi connectivity index (χ1v) is 8.89. The summed E-state index contributed by atoms with van der Waals surface area (Å²) in [6, 6.07) is 11.9. The van der Waals surface area contributed by atoms with Crippen molar-refractivity contribution in [2.24, 2.45) is 0 Å². The van der Waals surface area contributed by atoms with Crippen molar-refractivity contribution in [3.63, 3.8) is 0 Å². The van der Waals surface area contributed by atoms with Crippen molar-refractivity contribution in [2.75, 3.05) is 11.4 Å². The van der Waals surface area contributed by atoms with Crippen molar-refractivity contribution in [3.05, 3.63) is 58.8 Å². The van der Waals surface area contributed by atoms with Gasteiger partial charge < -0.3 is 9.32 Å². The highest BCUT2D eigenvalue weighted by Gasteiger charge is 2.29. The molecule has 1 aliphatic heterocycles. The van der Waals surface area contributed by atoms with E-state index in [0.29, 0.717) is 17.4 Å². The number of thiazole rings is 1. The first-order chi connectivity index (χ1) is 11.6. The quantitative estimate of drug-likeness (QED) is 0.670. The van der Waals surface area contributed by atoms with E-state index >= 15 is 0 Å². The van der Waals surface area contributed by atoms with Gasteiger partial charge in [-0.15, -0.1) is 11.3 Å². The fourth-order valence-corrected chi connectivity index (χ4v) is 4.06. The van der Waals surface area contributed by atoms with Crippen LogP contribution in [-0.2, 0) is 0 Å². The minimum atomic E-state index is -0.0269. The van der Waals surface area contributed by atoms with Crippen LogP contribution in [0, 0.1) is 6.92 Å². The predicted molar refractivity (Wildman–Crippen MR) is 95.7 cm³/mol. The van der Waals surface area contributed by atoms with Crippen LogP contribution in [0.2, 0.25) is 0 Å². The lowest BCUT2D eigenvalue weighted by molar-refractivity contribution is 0.0980. The molecule has 24 heavy (non-hydrogen) atoms. The lowest BCUT2D eigenvalue weighted by Crippen LogP contribution is -2.36. The van der Waals surface area contributed by atoms with E-state index in [1.807, 2.05) is 42.2 Å². The molecule has 1 atom stereocenters. The Bertz CT molecular complexity index is 883. The highest BCUT2D eigenvalue weighted by atomic mass is 32.1. The minimum absolute atomic E-state index is 0.0269. The average molecular weight is 338 g/mol. The molecule has 0 N–H and O–H groups in total. The number of carbonyl (C=O) groups is 1. The third-order valence-corrected chi connectivity index (χ3v) is 5.51. The molecule has 0 saturated carbocycles. The molecule has 4 nitrogen and oxygen atoms in total. The molecule has 0 unspecified atom stereocenters. The largest absolute Gasteiger partial charge is 0.462 e. The van der Waals surface area contributed by atoms with Gasteiger partial charge in [0.05, 0.1) is 6.26 Å². The van der Waals surface area contributed by atoms with Gasteiger partial charge in [0.15, 0.2) is 10.8 Å². The summed E-state index contributed by atoms with van der Waals surface area (Å²) in [5.74, 6) is 1.15. The number of benzene rings is 1. The molecule has 4 rings (SSSR count). The first kappa shape index (κ1) is 15.1. The van der Waals surface area contributed by atoms with Crippen LogP contribution >= 0.6 is 11.3 Å². The molecule has 2 aromatic heterocycles. The van der Waals surface area contributed by atoms with Crippen molar-refractivity contribution < 1.29 is 9.21 Å². The maximum atomic E-state index is 13.1. The number of carbonyl (C=O) groups excluding carboxylic acids is 1. The number of nitrogens with zero attached hydrogens (tertiary/aromatic N) is 2. The Morgan fingerprint density at radius 3 is 2.92 bits per heavy atom. The Labute approximate surface area is 144 Å². The van der Waals surface area contributed by atoms with E-state index in [2.05, 4.69) is 18.0 Å². The number of hydrogen-bond donors (Lipinski definition) is 0. The monoisotopic (exact) mass is 338 g/mol. The lowest BCUT2D eigenvalue weighted by Gasteiger charge is -2.32. The summed E-state index contributed by atoms with van der Waals surface area (Å²) in [5.41, 5.74) is 2.76. The summed E-state index contributed by atoms with van der Waals surface area (Å²) in [7, 11) is 0. The van der Waals surface area contributed by atoms with Gasteiger partial charge in [-0.25, -0.2) is 4.98 Å². The summed E-state index contributed by atoms with van der Waals surface area (Å²) in [4.78, 5) is 20.4. The number of furan rings is 1. The number of rotatable bonds is 2. The molecular formula is C19H18N2O2S. The Morgan fingerprint density at radius 2 is 2.12 bits per heavy atom. The molecule has 0 radical (unpaired) electrons. The van der Waals surface area contributed by atoms with Gasteiger partial charge in [0, 0.05) is 17.1 Å². The minimum Gasteiger partial charge on any atom is -0.462 e. The highest BCUT2D eigenvalue weighted by molar-refractivity contribution is 7.15. The first-order valence-electron chi connectivity index (χ1n) is 8.07. The van der Waals surface area contributed by atoms with Gasteiger partial charge in [-0.3, -0.25) is 4.79 Å². The maximum absolute atomic E-state index is 13.1. The van der Waals surface area contributed by atoms with Crippen LogP contribution in [0.4, 0.5) is 5.69 Å². The van der Waals surface area contributed by atoms with Crippen LogP contribution < -0.4 is 4.90 Å². The van der Waals surface area contributed by atoms with Gasteiger partial charge in [-0.2, -0.15) is 0 Å². The van der Waals surface area contributed by atoms with Crippen LogP contribution in [0.1, 0.15) is 40.2 Å². The van der Waals surface area contributed by atoms with E-state index in [4.69, 9.17) is 4.42 Å². The van der Waals surface area contributed by atoms with Crippen molar-refractivity contribution >= 4 is 22.9 Å². The second kappa shape index (κ2) is 5.91. The second-order valence-corrected chi connectivity index (χ2v) is 7.31. The van der Waals surface area contributed by atoms with E-state index in [1.54, 1.807) is 6.26 Å². The van der Waals surface area contributed by atoms with Gasteiger partial charge >= 0.3 is 0 Å². The molecule has 0 fully saturated rings. The summed E-state index contributed by atoms with van der Waals surface area (Å²) >= 11 is 1.49. The number of hydrogen-bond acceptors (Lipinski definition) is 4.